The van der Waals surface area contributed by atoms with Gasteiger partial charge in [0, 0.05) is 10.9 Å². The Bertz CT molecular complexity index is 506. The number of nitrogens with one attached hydrogen (secondary N) is 1. The molecular weight excluding hydrogens is 229 g/mol. The van der Waals surface area contributed by atoms with E-state index < -0.39 is 8.07 Å². The van der Waals surface area contributed by atoms with Crippen molar-refractivity contribution in [2.75, 3.05) is 0 Å². The van der Waals surface area contributed by atoms with Crippen LogP contribution in [-0.2, 0) is 0 Å². The summed E-state index contributed by atoms with van der Waals surface area (Å²) in [4.78, 5) is 3.51. The van der Waals surface area contributed by atoms with Gasteiger partial charge in [0.15, 0.2) is 0 Å². The van der Waals surface area contributed by atoms with Gasteiger partial charge >= 0.3 is 0 Å². The molecule has 0 aliphatic heterocycles. The van der Waals surface area contributed by atoms with Crippen LogP contribution in [0, 0.1) is 5.82 Å². The molecular formula is C14H20FNSi. The Hall–Kier alpha value is -1.09. The molecule has 0 spiro atoms. The van der Waals surface area contributed by atoms with Crippen molar-refractivity contribution in [3.05, 3.63) is 30.1 Å². The Kier molecular flexibility index (Phi) is 3.38. The van der Waals surface area contributed by atoms with Crippen LogP contribution in [0.15, 0.2) is 24.3 Å². The molecule has 17 heavy (non-hydrogen) atoms. The van der Waals surface area contributed by atoms with Crippen LogP contribution in [0.2, 0.25) is 18.1 Å². The van der Waals surface area contributed by atoms with Crippen molar-refractivity contribution in [3.8, 4) is 0 Å². The monoisotopic (exact) mass is 249 g/mol. The highest BCUT2D eigenvalue weighted by Gasteiger charge is 2.30. The van der Waals surface area contributed by atoms with Gasteiger partial charge in [-0.15, -0.1) is 0 Å². The molecule has 1 N–H and O–H groups in total. The minimum Gasteiger partial charge on any atom is -0.362 e. The summed E-state index contributed by atoms with van der Waals surface area (Å²) in [5.74, 6) is -0.153. The van der Waals surface area contributed by atoms with Crippen LogP contribution in [0.4, 0.5) is 4.39 Å². The van der Waals surface area contributed by atoms with Gasteiger partial charge < -0.3 is 4.98 Å². The number of hydrogen-bond acceptors (Lipinski definition) is 0. The summed E-state index contributed by atoms with van der Waals surface area (Å²) in [6, 6.07) is 10.9. The van der Waals surface area contributed by atoms with E-state index in [1.54, 1.807) is 6.07 Å². The van der Waals surface area contributed by atoms with Crippen LogP contribution in [0.1, 0.15) is 20.8 Å². The lowest BCUT2D eigenvalue weighted by Gasteiger charge is -2.26. The number of aromatic amines is 1. The van der Waals surface area contributed by atoms with E-state index in [1.165, 1.54) is 29.5 Å². The maximum absolute atomic E-state index is 13.2. The topological polar surface area (TPSA) is 15.8 Å². The van der Waals surface area contributed by atoms with E-state index in [1.807, 2.05) is 6.07 Å². The first kappa shape index (κ1) is 12.4. The molecule has 0 saturated carbocycles. The van der Waals surface area contributed by atoms with Gasteiger partial charge in [-0.05, 0) is 29.6 Å². The van der Waals surface area contributed by atoms with E-state index >= 15 is 0 Å². The third kappa shape index (κ3) is 2.04. The van der Waals surface area contributed by atoms with Gasteiger partial charge in [0.2, 0.25) is 0 Å². The largest absolute Gasteiger partial charge is 0.362 e. The number of H-pyrrole nitrogens is 1. The molecule has 0 unspecified atom stereocenters. The molecule has 2 aromatic rings. The van der Waals surface area contributed by atoms with E-state index in [0.29, 0.717) is 0 Å². The van der Waals surface area contributed by atoms with Crippen LogP contribution in [-0.4, -0.2) is 13.1 Å². The van der Waals surface area contributed by atoms with Crippen LogP contribution < -0.4 is 5.32 Å². The van der Waals surface area contributed by atoms with E-state index in [4.69, 9.17) is 0 Å². The molecule has 0 bridgehead atoms. The third-order valence-corrected chi connectivity index (χ3v) is 9.66. The molecule has 1 aromatic heterocycles. The molecule has 0 amide bonds. The summed E-state index contributed by atoms with van der Waals surface area (Å²) in [6.45, 7) is 6.85. The van der Waals surface area contributed by atoms with Crippen molar-refractivity contribution in [1.29, 1.82) is 0 Å². The molecule has 1 heterocycles. The lowest BCUT2D eigenvalue weighted by atomic mass is 10.2. The predicted octanol–water partition coefficient (Wildman–Crippen LogP) is 4.02. The van der Waals surface area contributed by atoms with E-state index in [0.717, 1.165) is 10.9 Å². The zero-order chi connectivity index (χ0) is 12.5. The molecule has 2 rings (SSSR count). The molecule has 1 aromatic carbocycles. The van der Waals surface area contributed by atoms with Gasteiger partial charge in [-0.1, -0.05) is 38.9 Å². The highest BCUT2D eigenvalue weighted by atomic mass is 28.3. The lowest BCUT2D eigenvalue weighted by Crippen LogP contribution is -2.46. The summed E-state index contributed by atoms with van der Waals surface area (Å²) in [5, 5.41) is 2.39. The second-order valence-corrected chi connectivity index (χ2v) is 9.98. The second kappa shape index (κ2) is 4.65. The van der Waals surface area contributed by atoms with Gasteiger partial charge in [-0.3, -0.25) is 0 Å². The summed E-state index contributed by atoms with van der Waals surface area (Å²) in [5.41, 5.74) is 1.06. The van der Waals surface area contributed by atoms with E-state index in [2.05, 4.69) is 31.8 Å². The van der Waals surface area contributed by atoms with Crippen LogP contribution in [0.25, 0.3) is 10.9 Å². The van der Waals surface area contributed by atoms with Gasteiger partial charge in [0.05, 0.1) is 0 Å². The Morgan fingerprint density at radius 3 is 2.29 bits per heavy atom. The number of benzene rings is 1. The molecule has 0 saturated heterocycles. The van der Waals surface area contributed by atoms with Gasteiger partial charge in [-0.2, -0.15) is 0 Å². The van der Waals surface area contributed by atoms with Gasteiger partial charge in [-0.25, -0.2) is 4.39 Å². The highest BCUT2D eigenvalue weighted by molar-refractivity contribution is 6.91. The Morgan fingerprint density at radius 1 is 1.06 bits per heavy atom. The Balaban J connectivity index is 2.55. The lowest BCUT2D eigenvalue weighted by molar-refractivity contribution is 0.630. The third-order valence-electron chi connectivity index (χ3n) is 4.18. The van der Waals surface area contributed by atoms with Crippen molar-refractivity contribution in [2.45, 2.75) is 38.9 Å². The maximum Gasteiger partial charge on any atom is 0.123 e. The number of halogens is 1. The first-order valence-corrected chi connectivity index (χ1v) is 9.06. The van der Waals surface area contributed by atoms with Gasteiger partial charge in [0.25, 0.3) is 0 Å². The van der Waals surface area contributed by atoms with Crippen molar-refractivity contribution in [1.82, 2.24) is 4.98 Å². The first-order valence-electron chi connectivity index (χ1n) is 6.44. The number of fused-ring (bicyclic) bond motifs is 1. The average Bonchev–Trinajstić information content (AvgIpc) is 2.75. The number of hydrogen-bond donors (Lipinski definition) is 1. The maximum atomic E-state index is 13.2. The standard InChI is InChI=1S/C14H20FNSi/c1-4-17(5-2,6-3)14-10-11-9-12(15)7-8-13(11)16-14/h7-10,16H,4-6H2,1-3H3. The Labute approximate surface area is 103 Å². The van der Waals surface area contributed by atoms with Crippen molar-refractivity contribution in [2.24, 2.45) is 0 Å². The van der Waals surface area contributed by atoms with Gasteiger partial charge in [0.1, 0.15) is 13.9 Å². The zero-order valence-corrected chi connectivity index (χ0v) is 11.8. The molecule has 3 heteroatoms. The smallest absolute Gasteiger partial charge is 0.123 e. The summed E-state index contributed by atoms with van der Waals surface area (Å²) in [6.07, 6.45) is 0. The minimum absolute atomic E-state index is 0.153. The predicted molar refractivity (Wildman–Crippen MR) is 75.1 cm³/mol. The SMILES string of the molecule is CC[Si](CC)(CC)c1cc2cc(F)ccc2[nH]1. The quantitative estimate of drug-likeness (QED) is 0.788. The molecule has 0 aliphatic carbocycles. The first-order chi connectivity index (χ1) is 8.15. The highest BCUT2D eigenvalue weighted by Crippen LogP contribution is 2.22. The summed E-state index contributed by atoms with van der Waals surface area (Å²) >= 11 is 0. The fraction of sp³-hybridized carbons (Fsp3) is 0.429. The summed E-state index contributed by atoms with van der Waals surface area (Å²) in [7, 11) is -1.37. The molecule has 0 radical (unpaired) electrons. The Morgan fingerprint density at radius 2 is 1.71 bits per heavy atom. The second-order valence-electron chi connectivity index (χ2n) is 4.76. The van der Waals surface area contributed by atoms with Crippen LogP contribution >= 0.6 is 0 Å². The van der Waals surface area contributed by atoms with E-state index in [-0.39, 0.29) is 5.82 Å². The van der Waals surface area contributed by atoms with Crippen LogP contribution in [0.3, 0.4) is 0 Å². The van der Waals surface area contributed by atoms with Crippen LogP contribution in [0.5, 0.6) is 0 Å². The molecule has 0 fully saturated rings. The van der Waals surface area contributed by atoms with Crippen molar-refractivity contribution < 1.29 is 4.39 Å². The molecule has 1 nitrogen and oxygen atoms in total. The molecule has 0 aliphatic rings. The fourth-order valence-corrected chi connectivity index (χ4v) is 6.21. The minimum atomic E-state index is -1.37. The van der Waals surface area contributed by atoms with Crippen molar-refractivity contribution in [3.63, 3.8) is 0 Å². The number of aromatic nitrogens is 1. The summed E-state index contributed by atoms with van der Waals surface area (Å²) < 4.78 is 13.2. The average molecular weight is 249 g/mol. The van der Waals surface area contributed by atoms with Crippen molar-refractivity contribution >= 4 is 24.3 Å². The zero-order valence-electron chi connectivity index (χ0n) is 10.8. The molecule has 92 valence electrons. The fourth-order valence-electron chi connectivity index (χ4n) is 2.71. The number of rotatable bonds is 4. The van der Waals surface area contributed by atoms with E-state index in [9.17, 15) is 4.39 Å². The molecule has 0 atom stereocenters. The normalized spacial score (nSPS) is 12.2.